The standard InChI is InChI=1S/C19H30N2O2/c1-15-17(10-12-20-14-16-8-6-5-7-9-16)11-13-21(15)18(22)23-19(2,3)4/h5-9,15,17,20H,10-14H2,1-4H3/t15-,17+/m1/s1. The quantitative estimate of drug-likeness (QED) is 0.839. The highest BCUT2D eigenvalue weighted by atomic mass is 16.6. The Balaban J connectivity index is 1.72. The number of amides is 1. The number of ether oxygens (including phenoxy) is 1. The lowest BCUT2D eigenvalue weighted by Gasteiger charge is -2.28. The number of nitrogens with zero attached hydrogens (tertiary/aromatic N) is 1. The number of carbonyl (C=O) groups excluding carboxylic acids is 1. The van der Waals surface area contributed by atoms with Crippen LogP contribution >= 0.6 is 0 Å². The van der Waals surface area contributed by atoms with Crippen LogP contribution in [0.15, 0.2) is 30.3 Å². The Morgan fingerprint density at radius 2 is 2.00 bits per heavy atom. The molecule has 4 nitrogen and oxygen atoms in total. The van der Waals surface area contributed by atoms with Gasteiger partial charge in [-0.1, -0.05) is 30.3 Å². The molecule has 2 atom stereocenters. The molecule has 1 aromatic carbocycles. The van der Waals surface area contributed by atoms with Crippen LogP contribution in [0, 0.1) is 5.92 Å². The van der Waals surface area contributed by atoms with E-state index in [0.717, 1.165) is 32.5 Å². The molecular weight excluding hydrogens is 288 g/mol. The van der Waals surface area contributed by atoms with Gasteiger partial charge in [0, 0.05) is 19.1 Å². The fraction of sp³-hybridized carbons (Fsp3) is 0.632. The summed E-state index contributed by atoms with van der Waals surface area (Å²) in [6.45, 7) is 10.6. The maximum atomic E-state index is 12.2. The van der Waals surface area contributed by atoms with Gasteiger partial charge in [-0.15, -0.1) is 0 Å². The van der Waals surface area contributed by atoms with Crippen molar-refractivity contribution in [3.05, 3.63) is 35.9 Å². The van der Waals surface area contributed by atoms with Gasteiger partial charge in [0.25, 0.3) is 0 Å². The Kier molecular flexibility index (Phi) is 6.05. The molecule has 2 rings (SSSR count). The van der Waals surface area contributed by atoms with Crippen molar-refractivity contribution in [3.63, 3.8) is 0 Å². The molecule has 128 valence electrons. The first-order chi connectivity index (χ1) is 10.9. The van der Waals surface area contributed by atoms with E-state index in [1.54, 1.807) is 0 Å². The number of hydrogen-bond acceptors (Lipinski definition) is 3. The molecule has 23 heavy (non-hydrogen) atoms. The van der Waals surface area contributed by atoms with Crippen LogP contribution in [-0.2, 0) is 11.3 Å². The van der Waals surface area contributed by atoms with Crippen LogP contribution < -0.4 is 5.32 Å². The van der Waals surface area contributed by atoms with Gasteiger partial charge in [-0.2, -0.15) is 0 Å². The molecular formula is C19H30N2O2. The van der Waals surface area contributed by atoms with Gasteiger partial charge >= 0.3 is 6.09 Å². The van der Waals surface area contributed by atoms with Gasteiger partial charge in [0.05, 0.1) is 0 Å². The number of rotatable bonds is 5. The van der Waals surface area contributed by atoms with Crippen molar-refractivity contribution in [3.8, 4) is 0 Å². The van der Waals surface area contributed by atoms with Gasteiger partial charge in [-0.05, 0) is 58.6 Å². The molecule has 0 radical (unpaired) electrons. The molecule has 0 unspecified atom stereocenters. The minimum atomic E-state index is -0.424. The van der Waals surface area contributed by atoms with E-state index in [1.807, 2.05) is 31.7 Å². The van der Waals surface area contributed by atoms with Gasteiger partial charge in [0.2, 0.25) is 0 Å². The van der Waals surface area contributed by atoms with E-state index in [-0.39, 0.29) is 12.1 Å². The van der Waals surface area contributed by atoms with Crippen molar-refractivity contribution < 1.29 is 9.53 Å². The second kappa shape index (κ2) is 7.82. The average Bonchev–Trinajstić information content (AvgIpc) is 2.84. The van der Waals surface area contributed by atoms with Crippen molar-refractivity contribution >= 4 is 6.09 Å². The number of nitrogens with one attached hydrogen (secondary N) is 1. The van der Waals surface area contributed by atoms with E-state index in [2.05, 4.69) is 36.5 Å². The molecule has 1 aromatic rings. The first kappa shape index (κ1) is 17.8. The summed E-state index contributed by atoms with van der Waals surface area (Å²) in [4.78, 5) is 14.1. The Hall–Kier alpha value is -1.55. The Morgan fingerprint density at radius 1 is 1.30 bits per heavy atom. The van der Waals surface area contributed by atoms with E-state index in [4.69, 9.17) is 4.74 Å². The van der Waals surface area contributed by atoms with Crippen molar-refractivity contribution in [1.82, 2.24) is 10.2 Å². The monoisotopic (exact) mass is 318 g/mol. The van der Waals surface area contributed by atoms with Crippen molar-refractivity contribution in [2.24, 2.45) is 5.92 Å². The highest BCUT2D eigenvalue weighted by Crippen LogP contribution is 2.28. The van der Waals surface area contributed by atoms with Gasteiger partial charge in [0.1, 0.15) is 5.60 Å². The molecule has 1 saturated heterocycles. The van der Waals surface area contributed by atoms with Crippen LogP contribution in [0.3, 0.4) is 0 Å². The van der Waals surface area contributed by atoms with Crippen molar-refractivity contribution in [2.45, 2.75) is 58.7 Å². The summed E-state index contributed by atoms with van der Waals surface area (Å²) in [5.41, 5.74) is 0.883. The molecule has 1 aliphatic rings. The predicted molar refractivity (Wildman–Crippen MR) is 93.3 cm³/mol. The van der Waals surface area contributed by atoms with E-state index in [9.17, 15) is 4.79 Å². The van der Waals surface area contributed by atoms with Crippen LogP contribution in [0.4, 0.5) is 4.79 Å². The zero-order chi connectivity index (χ0) is 16.9. The largest absolute Gasteiger partial charge is 0.444 e. The number of carbonyl (C=O) groups is 1. The molecule has 0 spiro atoms. The zero-order valence-corrected chi connectivity index (χ0v) is 14.8. The first-order valence-corrected chi connectivity index (χ1v) is 8.61. The second-order valence-electron chi connectivity index (χ2n) is 7.41. The molecule has 0 aliphatic carbocycles. The van der Waals surface area contributed by atoms with Gasteiger partial charge in [0.15, 0.2) is 0 Å². The van der Waals surface area contributed by atoms with Crippen LogP contribution in [0.5, 0.6) is 0 Å². The van der Waals surface area contributed by atoms with E-state index in [1.165, 1.54) is 5.56 Å². The van der Waals surface area contributed by atoms with E-state index >= 15 is 0 Å². The van der Waals surface area contributed by atoms with Gasteiger partial charge < -0.3 is 15.0 Å². The second-order valence-corrected chi connectivity index (χ2v) is 7.41. The maximum Gasteiger partial charge on any atom is 0.410 e. The highest BCUT2D eigenvalue weighted by Gasteiger charge is 2.35. The van der Waals surface area contributed by atoms with Crippen LogP contribution in [0.25, 0.3) is 0 Å². The summed E-state index contributed by atoms with van der Waals surface area (Å²) < 4.78 is 5.50. The van der Waals surface area contributed by atoms with Crippen LogP contribution in [0.2, 0.25) is 0 Å². The molecule has 0 aromatic heterocycles. The lowest BCUT2D eigenvalue weighted by Crippen LogP contribution is -2.40. The Labute approximate surface area is 140 Å². The van der Waals surface area contributed by atoms with Crippen molar-refractivity contribution in [2.75, 3.05) is 13.1 Å². The van der Waals surface area contributed by atoms with E-state index < -0.39 is 5.60 Å². The highest BCUT2D eigenvalue weighted by molar-refractivity contribution is 5.69. The lowest BCUT2D eigenvalue weighted by atomic mass is 9.98. The third-order valence-corrected chi connectivity index (χ3v) is 4.41. The van der Waals surface area contributed by atoms with Gasteiger partial charge in [-0.25, -0.2) is 4.79 Å². The summed E-state index contributed by atoms with van der Waals surface area (Å²) >= 11 is 0. The third kappa shape index (κ3) is 5.54. The predicted octanol–water partition coefficient (Wildman–Crippen LogP) is 3.81. The summed E-state index contributed by atoms with van der Waals surface area (Å²) in [6, 6.07) is 10.7. The summed E-state index contributed by atoms with van der Waals surface area (Å²) in [6.07, 6.45) is 1.98. The fourth-order valence-corrected chi connectivity index (χ4v) is 3.08. The molecule has 0 bridgehead atoms. The molecule has 1 amide bonds. The molecule has 1 heterocycles. The normalized spacial score (nSPS) is 21.5. The van der Waals surface area contributed by atoms with Crippen LogP contribution in [0.1, 0.15) is 46.1 Å². The third-order valence-electron chi connectivity index (χ3n) is 4.41. The molecule has 4 heteroatoms. The minimum absolute atomic E-state index is 0.176. The van der Waals surface area contributed by atoms with E-state index in [0.29, 0.717) is 5.92 Å². The molecule has 1 N–H and O–H groups in total. The molecule has 1 fully saturated rings. The Bertz CT molecular complexity index is 496. The smallest absolute Gasteiger partial charge is 0.410 e. The zero-order valence-electron chi connectivity index (χ0n) is 14.8. The average molecular weight is 318 g/mol. The molecule has 1 aliphatic heterocycles. The fourth-order valence-electron chi connectivity index (χ4n) is 3.08. The SMILES string of the molecule is C[C@@H]1[C@@H](CCNCc2ccccc2)CCN1C(=O)OC(C)(C)C. The number of benzene rings is 1. The minimum Gasteiger partial charge on any atom is -0.444 e. The first-order valence-electron chi connectivity index (χ1n) is 8.61. The molecule has 0 saturated carbocycles. The Morgan fingerprint density at radius 3 is 2.65 bits per heavy atom. The number of likely N-dealkylation sites (tertiary alicyclic amines) is 1. The number of hydrogen-bond donors (Lipinski definition) is 1. The summed E-state index contributed by atoms with van der Waals surface area (Å²) in [5.74, 6) is 0.547. The van der Waals surface area contributed by atoms with Gasteiger partial charge in [-0.3, -0.25) is 0 Å². The van der Waals surface area contributed by atoms with Crippen molar-refractivity contribution in [1.29, 1.82) is 0 Å². The topological polar surface area (TPSA) is 41.6 Å². The van der Waals surface area contributed by atoms with Crippen LogP contribution in [-0.4, -0.2) is 35.7 Å². The summed E-state index contributed by atoms with van der Waals surface area (Å²) in [5, 5.41) is 3.50. The lowest BCUT2D eigenvalue weighted by molar-refractivity contribution is 0.0221. The summed E-state index contributed by atoms with van der Waals surface area (Å²) in [7, 11) is 0. The maximum absolute atomic E-state index is 12.2.